The molecule has 1 fully saturated rings. The zero-order valence-corrected chi connectivity index (χ0v) is 10.3. The van der Waals surface area contributed by atoms with Crippen LogP contribution in [0, 0.1) is 25.6 Å². The molecule has 1 saturated carbocycles. The third kappa shape index (κ3) is 1.91. The second kappa shape index (κ2) is 4.24. The van der Waals surface area contributed by atoms with Gasteiger partial charge in [-0.05, 0) is 25.8 Å². The predicted molar refractivity (Wildman–Crippen MR) is 61.9 cm³/mol. The van der Waals surface area contributed by atoms with E-state index in [0.717, 1.165) is 0 Å². The highest BCUT2D eigenvalue weighted by Gasteiger charge is 2.57. The second-order valence-corrected chi connectivity index (χ2v) is 5.09. The molecule has 0 aliphatic heterocycles. The van der Waals surface area contributed by atoms with Crippen LogP contribution in [-0.4, -0.2) is 17.6 Å². The average molecular weight is 259 g/mol. The number of aryl methyl sites for hydroxylation is 2. The van der Waals surface area contributed by atoms with Gasteiger partial charge in [0.2, 0.25) is 0 Å². The van der Waals surface area contributed by atoms with Crippen molar-refractivity contribution in [2.24, 2.45) is 11.7 Å². The minimum Gasteiger partial charge on any atom is -0.393 e. The van der Waals surface area contributed by atoms with Crippen LogP contribution in [0.3, 0.4) is 0 Å². The van der Waals surface area contributed by atoms with Gasteiger partial charge in [0.1, 0.15) is 11.4 Å². The van der Waals surface area contributed by atoms with Crippen LogP contribution in [0.2, 0.25) is 0 Å². The summed E-state index contributed by atoms with van der Waals surface area (Å²) in [5, 5.41) is 9.37. The Balaban J connectivity index is 2.56. The zero-order valence-electron chi connectivity index (χ0n) is 10.3. The van der Waals surface area contributed by atoms with Crippen LogP contribution in [0.25, 0.3) is 0 Å². The van der Waals surface area contributed by atoms with Crippen LogP contribution in [0.15, 0.2) is 12.1 Å². The first-order valence-electron chi connectivity index (χ1n) is 5.80. The maximum atomic E-state index is 14.1. The van der Waals surface area contributed by atoms with Crippen molar-refractivity contribution in [2.75, 3.05) is 0 Å². The molecule has 1 aliphatic carbocycles. The lowest BCUT2D eigenvalue weighted by Gasteiger charge is -2.30. The SMILES string of the molecule is Cc1cc(C)c(F)c([C@@](N)(C(F)F)[C@@H]2C[C@@H]2O)c1. The van der Waals surface area contributed by atoms with Crippen LogP contribution < -0.4 is 5.73 Å². The van der Waals surface area contributed by atoms with Gasteiger partial charge < -0.3 is 10.8 Å². The molecule has 0 aromatic heterocycles. The molecule has 1 aliphatic rings. The molecule has 18 heavy (non-hydrogen) atoms. The largest absolute Gasteiger partial charge is 0.393 e. The summed E-state index contributed by atoms with van der Waals surface area (Å²) in [4.78, 5) is 0. The Morgan fingerprint density at radius 3 is 2.39 bits per heavy atom. The van der Waals surface area contributed by atoms with Crippen LogP contribution >= 0.6 is 0 Å². The lowest BCUT2D eigenvalue weighted by atomic mass is 9.84. The number of nitrogens with two attached hydrogens (primary N) is 1. The molecule has 0 spiro atoms. The van der Waals surface area contributed by atoms with Gasteiger partial charge in [-0.2, -0.15) is 0 Å². The Hall–Kier alpha value is -1.07. The maximum absolute atomic E-state index is 14.1. The Labute approximate surface area is 104 Å². The highest BCUT2D eigenvalue weighted by atomic mass is 19.3. The first-order valence-corrected chi connectivity index (χ1v) is 5.80. The molecular weight excluding hydrogens is 243 g/mol. The van der Waals surface area contributed by atoms with Gasteiger partial charge in [0.25, 0.3) is 6.43 Å². The number of hydrogen-bond acceptors (Lipinski definition) is 2. The lowest BCUT2D eigenvalue weighted by Crippen LogP contribution is -2.48. The number of halogens is 3. The van der Waals surface area contributed by atoms with Crippen molar-refractivity contribution in [1.29, 1.82) is 0 Å². The van der Waals surface area contributed by atoms with Crippen molar-refractivity contribution in [1.82, 2.24) is 0 Å². The molecule has 0 heterocycles. The van der Waals surface area contributed by atoms with Gasteiger partial charge in [-0.25, -0.2) is 13.2 Å². The molecule has 100 valence electrons. The maximum Gasteiger partial charge on any atom is 0.260 e. The van der Waals surface area contributed by atoms with Gasteiger partial charge in [-0.1, -0.05) is 17.7 Å². The van der Waals surface area contributed by atoms with E-state index in [1.54, 1.807) is 13.0 Å². The van der Waals surface area contributed by atoms with E-state index in [2.05, 4.69) is 0 Å². The fourth-order valence-corrected chi connectivity index (χ4v) is 2.44. The summed E-state index contributed by atoms with van der Waals surface area (Å²) < 4.78 is 40.6. The fourth-order valence-electron chi connectivity index (χ4n) is 2.44. The van der Waals surface area contributed by atoms with E-state index in [1.807, 2.05) is 0 Å². The second-order valence-electron chi connectivity index (χ2n) is 5.09. The van der Waals surface area contributed by atoms with E-state index >= 15 is 0 Å². The lowest BCUT2D eigenvalue weighted by molar-refractivity contribution is 0.0261. The molecule has 3 N–H and O–H groups in total. The van der Waals surface area contributed by atoms with Gasteiger partial charge >= 0.3 is 0 Å². The number of aliphatic hydroxyl groups excluding tert-OH is 1. The Morgan fingerprint density at radius 1 is 1.39 bits per heavy atom. The molecule has 2 nitrogen and oxygen atoms in total. The molecule has 0 radical (unpaired) electrons. The number of benzene rings is 1. The topological polar surface area (TPSA) is 46.2 Å². The number of aliphatic hydroxyl groups is 1. The molecule has 1 aromatic carbocycles. The monoisotopic (exact) mass is 259 g/mol. The number of alkyl halides is 2. The van der Waals surface area contributed by atoms with Crippen LogP contribution in [0.5, 0.6) is 0 Å². The minimum absolute atomic E-state index is 0.188. The van der Waals surface area contributed by atoms with E-state index in [0.29, 0.717) is 5.56 Å². The van der Waals surface area contributed by atoms with Gasteiger partial charge in [0.05, 0.1) is 6.10 Å². The summed E-state index contributed by atoms with van der Waals surface area (Å²) in [7, 11) is 0. The fraction of sp³-hybridized carbons (Fsp3) is 0.538. The first kappa shape index (κ1) is 13.4. The molecular formula is C13H16F3NO. The molecule has 0 amide bonds. The van der Waals surface area contributed by atoms with Crippen LogP contribution in [0.1, 0.15) is 23.1 Å². The van der Waals surface area contributed by atoms with Crippen molar-refractivity contribution < 1.29 is 18.3 Å². The molecule has 3 atom stereocenters. The van der Waals surface area contributed by atoms with Crippen molar-refractivity contribution in [2.45, 2.75) is 38.3 Å². The summed E-state index contributed by atoms with van der Waals surface area (Å²) >= 11 is 0. The van der Waals surface area contributed by atoms with Gasteiger partial charge in [0.15, 0.2) is 0 Å². The molecule has 2 rings (SSSR count). The Morgan fingerprint density at radius 2 is 1.94 bits per heavy atom. The van der Waals surface area contributed by atoms with E-state index < -0.39 is 29.8 Å². The number of hydrogen-bond donors (Lipinski definition) is 2. The Kier molecular flexibility index (Phi) is 3.15. The van der Waals surface area contributed by atoms with E-state index in [1.165, 1.54) is 13.0 Å². The van der Waals surface area contributed by atoms with Crippen molar-refractivity contribution in [3.63, 3.8) is 0 Å². The predicted octanol–water partition coefficient (Wildman–Crippen LogP) is 2.24. The van der Waals surface area contributed by atoms with E-state index in [-0.39, 0.29) is 17.5 Å². The summed E-state index contributed by atoms with van der Waals surface area (Å²) in [5.41, 5.74) is 4.40. The quantitative estimate of drug-likeness (QED) is 0.874. The third-order valence-corrected chi connectivity index (χ3v) is 3.60. The standard InChI is InChI=1S/C13H16F3NO/c1-6-3-7(2)11(14)9(4-6)13(17,12(15)16)8-5-10(8)18/h3-4,8,10,12,18H,5,17H2,1-2H3/t8-,10+,13-/m1/s1. The summed E-state index contributed by atoms with van der Waals surface area (Å²) in [6.07, 6.45) is -3.60. The van der Waals surface area contributed by atoms with Crippen molar-refractivity contribution in [3.05, 3.63) is 34.6 Å². The van der Waals surface area contributed by atoms with Crippen molar-refractivity contribution in [3.8, 4) is 0 Å². The van der Waals surface area contributed by atoms with E-state index in [4.69, 9.17) is 5.73 Å². The van der Waals surface area contributed by atoms with E-state index in [9.17, 15) is 18.3 Å². The molecule has 5 heteroatoms. The molecule has 1 aromatic rings. The van der Waals surface area contributed by atoms with Crippen molar-refractivity contribution >= 4 is 0 Å². The van der Waals surface area contributed by atoms with Crippen LogP contribution in [-0.2, 0) is 5.54 Å². The smallest absolute Gasteiger partial charge is 0.260 e. The van der Waals surface area contributed by atoms with Crippen LogP contribution in [0.4, 0.5) is 13.2 Å². The highest BCUT2D eigenvalue weighted by Crippen LogP contribution is 2.48. The van der Waals surface area contributed by atoms with Gasteiger partial charge in [-0.3, -0.25) is 0 Å². The molecule has 0 saturated heterocycles. The average Bonchev–Trinajstić information content (AvgIpc) is 3.00. The van der Waals surface area contributed by atoms with Gasteiger partial charge in [-0.15, -0.1) is 0 Å². The minimum atomic E-state index is -2.92. The summed E-state index contributed by atoms with van der Waals surface area (Å²) in [6, 6.07) is 2.92. The third-order valence-electron chi connectivity index (χ3n) is 3.60. The molecule has 0 unspecified atom stereocenters. The summed E-state index contributed by atoms with van der Waals surface area (Å²) in [6.45, 7) is 3.21. The highest BCUT2D eigenvalue weighted by molar-refractivity contribution is 5.37. The Bertz CT molecular complexity index is 478. The number of rotatable bonds is 3. The summed E-state index contributed by atoms with van der Waals surface area (Å²) in [5.74, 6) is -1.49. The zero-order chi connectivity index (χ0) is 13.7. The van der Waals surface area contributed by atoms with Gasteiger partial charge in [0, 0.05) is 11.5 Å². The molecule has 0 bridgehead atoms. The normalized spacial score (nSPS) is 26.2. The first-order chi connectivity index (χ1) is 8.28.